The van der Waals surface area contributed by atoms with Crippen molar-refractivity contribution in [1.82, 2.24) is 0 Å². The number of methoxy groups -OCH3 is 1. The minimum atomic E-state index is -0.127. The Labute approximate surface area is 197 Å². The monoisotopic (exact) mass is 444 g/mol. The van der Waals surface area contributed by atoms with E-state index in [1.165, 1.54) is 23.1 Å². The third kappa shape index (κ3) is 2.87. The van der Waals surface area contributed by atoms with E-state index in [1.807, 2.05) is 12.1 Å². The molecule has 0 aromatic heterocycles. The summed E-state index contributed by atoms with van der Waals surface area (Å²) in [7, 11) is 1.73. The molecule has 3 fully saturated rings. The van der Waals surface area contributed by atoms with Gasteiger partial charge in [0.1, 0.15) is 5.75 Å². The molecule has 0 amide bonds. The van der Waals surface area contributed by atoms with E-state index in [0.717, 1.165) is 57.3 Å². The van der Waals surface area contributed by atoms with Gasteiger partial charge in [-0.1, -0.05) is 42.9 Å². The van der Waals surface area contributed by atoms with Gasteiger partial charge in [-0.3, -0.25) is 4.79 Å². The van der Waals surface area contributed by atoms with Gasteiger partial charge < -0.3 is 9.47 Å². The van der Waals surface area contributed by atoms with E-state index < -0.39 is 0 Å². The van der Waals surface area contributed by atoms with Crippen LogP contribution in [0.25, 0.3) is 0 Å². The van der Waals surface area contributed by atoms with Gasteiger partial charge in [0.2, 0.25) is 0 Å². The topological polar surface area (TPSA) is 35.5 Å². The lowest BCUT2D eigenvalue weighted by Crippen LogP contribution is -2.51. The van der Waals surface area contributed by atoms with Crippen LogP contribution in [0.5, 0.6) is 5.75 Å². The summed E-state index contributed by atoms with van der Waals surface area (Å²) in [5.41, 5.74) is 5.62. The molecule has 1 aliphatic heterocycles. The Kier molecular flexibility index (Phi) is 4.82. The van der Waals surface area contributed by atoms with Crippen LogP contribution in [0.3, 0.4) is 0 Å². The van der Waals surface area contributed by atoms with Crippen LogP contribution in [0.15, 0.2) is 59.7 Å². The fraction of sp³-hybridized carbons (Fsp3) is 0.567. The minimum absolute atomic E-state index is 0.0200. The molecule has 0 bridgehead atoms. The van der Waals surface area contributed by atoms with Crippen molar-refractivity contribution in [1.29, 1.82) is 0 Å². The van der Waals surface area contributed by atoms with Crippen LogP contribution in [0.1, 0.15) is 63.9 Å². The number of hydrogen-bond donors (Lipinski definition) is 0. The standard InChI is InChI=1S/C30H36O3/c1-20-12-16-33-30(20)15-11-26-25-8-7-22-18-23(31)9-14-29(22,27(25)10-13-28(26,30)2)19-21-5-4-6-24(17-21)32-3/h4-6,10,17-18,25-26H,1,7-9,11-16,19H2,2-3H3/t25-,26-,28-,29+,30-/m0/s1. The van der Waals surface area contributed by atoms with Gasteiger partial charge in [0, 0.05) is 17.3 Å². The average Bonchev–Trinajstić information content (AvgIpc) is 3.34. The van der Waals surface area contributed by atoms with E-state index in [9.17, 15) is 4.79 Å². The molecule has 0 unspecified atom stereocenters. The summed E-state index contributed by atoms with van der Waals surface area (Å²) >= 11 is 0. The first-order chi connectivity index (χ1) is 15.9. The zero-order valence-electron chi connectivity index (χ0n) is 20.1. The highest BCUT2D eigenvalue weighted by Gasteiger charge is 2.65. The fourth-order valence-electron chi connectivity index (χ4n) is 8.58. The fourth-order valence-corrected chi connectivity index (χ4v) is 8.58. The highest BCUT2D eigenvalue weighted by molar-refractivity contribution is 5.92. The molecule has 1 heterocycles. The molecule has 5 atom stereocenters. The van der Waals surface area contributed by atoms with Crippen molar-refractivity contribution >= 4 is 5.78 Å². The molecule has 1 spiro atoms. The summed E-state index contributed by atoms with van der Waals surface area (Å²) in [5, 5.41) is 0. The number of allylic oxidation sites excluding steroid dienone is 4. The van der Waals surface area contributed by atoms with Crippen LogP contribution in [-0.2, 0) is 16.0 Å². The van der Waals surface area contributed by atoms with Crippen LogP contribution in [0, 0.1) is 22.7 Å². The Balaban J connectivity index is 1.44. The van der Waals surface area contributed by atoms with E-state index >= 15 is 0 Å². The number of ether oxygens (including phenoxy) is 2. The quantitative estimate of drug-likeness (QED) is 0.507. The SMILES string of the molecule is C=C1CCO[C@@]12CC[C@H]1[C@@H]3CCC4=CC(=O)CC[C@]4(Cc4cccc(OC)c4)C3=CC[C@@]12C. The molecule has 33 heavy (non-hydrogen) atoms. The summed E-state index contributed by atoms with van der Waals surface area (Å²) < 4.78 is 12.1. The molecule has 1 saturated heterocycles. The lowest BCUT2D eigenvalue weighted by Gasteiger charge is -2.56. The Hall–Kier alpha value is -2.13. The van der Waals surface area contributed by atoms with Crippen LogP contribution in [-0.4, -0.2) is 25.1 Å². The lowest BCUT2D eigenvalue weighted by molar-refractivity contribution is -0.115. The normalized spacial score (nSPS) is 39.6. The molecular formula is C30H36O3. The maximum Gasteiger partial charge on any atom is 0.155 e. The smallest absolute Gasteiger partial charge is 0.155 e. The van der Waals surface area contributed by atoms with Crippen LogP contribution in [0.4, 0.5) is 0 Å². The van der Waals surface area contributed by atoms with E-state index in [2.05, 4.69) is 37.8 Å². The molecule has 2 saturated carbocycles. The predicted molar refractivity (Wildman–Crippen MR) is 130 cm³/mol. The van der Waals surface area contributed by atoms with Gasteiger partial charge in [-0.25, -0.2) is 0 Å². The predicted octanol–water partition coefficient (Wildman–Crippen LogP) is 6.39. The minimum Gasteiger partial charge on any atom is -0.497 e. The second-order valence-corrected chi connectivity index (χ2v) is 11.3. The largest absolute Gasteiger partial charge is 0.497 e. The Morgan fingerprint density at radius 1 is 1.18 bits per heavy atom. The van der Waals surface area contributed by atoms with Crippen molar-refractivity contribution in [3.63, 3.8) is 0 Å². The summed E-state index contributed by atoms with van der Waals surface area (Å²) in [6.45, 7) is 7.80. The molecule has 4 aliphatic carbocycles. The number of rotatable bonds is 3. The lowest BCUT2D eigenvalue weighted by atomic mass is 9.49. The van der Waals surface area contributed by atoms with Gasteiger partial charge in [-0.05, 0) is 92.5 Å². The maximum absolute atomic E-state index is 12.5. The van der Waals surface area contributed by atoms with Crippen LogP contribution < -0.4 is 4.74 Å². The maximum atomic E-state index is 12.5. The molecule has 1 aromatic rings. The summed E-state index contributed by atoms with van der Waals surface area (Å²) in [6, 6.07) is 8.52. The van der Waals surface area contributed by atoms with Gasteiger partial charge in [0.25, 0.3) is 0 Å². The van der Waals surface area contributed by atoms with Crippen molar-refractivity contribution in [3.05, 3.63) is 65.3 Å². The van der Waals surface area contributed by atoms with Gasteiger partial charge in [0.05, 0.1) is 19.3 Å². The molecular weight excluding hydrogens is 408 g/mol. The Morgan fingerprint density at radius 2 is 2.06 bits per heavy atom. The second-order valence-electron chi connectivity index (χ2n) is 11.3. The zero-order chi connectivity index (χ0) is 22.8. The number of benzene rings is 1. The number of ketones is 1. The van der Waals surface area contributed by atoms with Crippen molar-refractivity contribution in [3.8, 4) is 5.75 Å². The van der Waals surface area contributed by atoms with Gasteiger partial charge >= 0.3 is 0 Å². The number of hydrogen-bond acceptors (Lipinski definition) is 3. The number of fused-ring (bicyclic) bond motifs is 6. The van der Waals surface area contributed by atoms with Gasteiger partial charge in [0.15, 0.2) is 5.78 Å². The Bertz CT molecular complexity index is 1080. The average molecular weight is 445 g/mol. The second kappa shape index (κ2) is 7.43. The Morgan fingerprint density at radius 3 is 2.85 bits per heavy atom. The molecule has 6 rings (SSSR count). The summed E-state index contributed by atoms with van der Waals surface area (Å²) in [4.78, 5) is 12.5. The summed E-state index contributed by atoms with van der Waals surface area (Å²) in [5.74, 6) is 2.43. The zero-order valence-corrected chi connectivity index (χ0v) is 20.1. The van der Waals surface area contributed by atoms with Gasteiger partial charge in [-0.2, -0.15) is 0 Å². The van der Waals surface area contributed by atoms with Crippen molar-refractivity contribution in [2.24, 2.45) is 22.7 Å². The number of carbonyl (C=O) groups excluding carboxylic acids is 1. The van der Waals surface area contributed by atoms with Crippen molar-refractivity contribution < 1.29 is 14.3 Å². The summed E-state index contributed by atoms with van der Waals surface area (Å²) in [6.07, 6.45) is 13.8. The molecule has 3 nitrogen and oxygen atoms in total. The van der Waals surface area contributed by atoms with E-state index in [4.69, 9.17) is 9.47 Å². The molecule has 5 aliphatic rings. The highest BCUT2D eigenvalue weighted by atomic mass is 16.5. The van der Waals surface area contributed by atoms with Crippen molar-refractivity contribution in [2.75, 3.05) is 13.7 Å². The van der Waals surface area contributed by atoms with Gasteiger partial charge in [-0.15, -0.1) is 0 Å². The molecule has 3 heteroatoms. The van der Waals surface area contributed by atoms with Crippen LogP contribution in [0.2, 0.25) is 0 Å². The first-order valence-electron chi connectivity index (χ1n) is 12.8. The highest BCUT2D eigenvalue weighted by Crippen LogP contribution is 2.69. The molecule has 0 radical (unpaired) electrons. The van der Waals surface area contributed by atoms with Crippen LogP contribution >= 0.6 is 0 Å². The van der Waals surface area contributed by atoms with Crippen molar-refractivity contribution in [2.45, 2.75) is 70.3 Å². The van der Waals surface area contributed by atoms with E-state index in [0.29, 0.717) is 24.0 Å². The van der Waals surface area contributed by atoms with E-state index in [1.54, 1.807) is 12.7 Å². The first kappa shape index (κ1) is 21.4. The number of carbonyl (C=O) groups is 1. The molecule has 1 aromatic carbocycles. The van der Waals surface area contributed by atoms with E-state index in [-0.39, 0.29) is 16.4 Å². The third-order valence-corrected chi connectivity index (χ3v) is 10.2. The molecule has 0 N–H and O–H groups in total. The third-order valence-electron chi connectivity index (χ3n) is 10.2. The molecule has 174 valence electrons. The first-order valence-corrected chi connectivity index (χ1v) is 12.8.